The van der Waals surface area contributed by atoms with Crippen molar-refractivity contribution < 1.29 is 23.0 Å². The van der Waals surface area contributed by atoms with E-state index in [1.165, 1.54) is 12.1 Å². The number of nitrogens with one attached hydrogen (secondary N) is 1. The molecule has 2 aliphatic rings. The van der Waals surface area contributed by atoms with Crippen LogP contribution in [-0.4, -0.2) is 59.2 Å². The smallest absolute Gasteiger partial charge is 0.263 e. The number of likely N-dealkylation sites (N-methyl/N-ethyl adjacent to an activating group) is 1. The number of likely N-dealkylation sites (tertiary alicyclic amines) is 1. The SMILES string of the molecule is CN1C[C@H](F)C[C@@H](Nc2nnc(-c3ccc(C(F)F)cc3O)c3c2COCC3)C1. The average Bonchev–Trinajstić information content (AvgIpc) is 2.68. The highest BCUT2D eigenvalue weighted by Crippen LogP contribution is 2.37. The molecule has 0 unspecified atom stereocenters. The normalized spacial score (nSPS) is 22.5. The van der Waals surface area contributed by atoms with Gasteiger partial charge in [-0.2, -0.15) is 0 Å². The van der Waals surface area contributed by atoms with Crippen molar-refractivity contribution in [3.8, 4) is 17.0 Å². The van der Waals surface area contributed by atoms with Gasteiger partial charge in [0.2, 0.25) is 0 Å². The van der Waals surface area contributed by atoms with E-state index in [4.69, 9.17) is 4.74 Å². The Balaban J connectivity index is 1.68. The average molecular weight is 408 g/mol. The highest BCUT2D eigenvalue weighted by molar-refractivity contribution is 5.73. The first-order valence-electron chi connectivity index (χ1n) is 9.59. The fourth-order valence-electron chi connectivity index (χ4n) is 4.04. The second-order valence-electron chi connectivity index (χ2n) is 7.63. The van der Waals surface area contributed by atoms with Crippen molar-refractivity contribution in [1.82, 2.24) is 15.1 Å². The number of benzene rings is 1. The molecule has 1 aromatic carbocycles. The molecule has 9 heteroatoms. The molecule has 0 spiro atoms. The highest BCUT2D eigenvalue weighted by Gasteiger charge is 2.28. The van der Waals surface area contributed by atoms with Gasteiger partial charge in [0.25, 0.3) is 6.43 Å². The van der Waals surface area contributed by atoms with E-state index in [1.54, 1.807) is 0 Å². The third kappa shape index (κ3) is 4.16. The summed E-state index contributed by atoms with van der Waals surface area (Å²) < 4.78 is 45.3. The number of piperidine rings is 1. The molecule has 0 amide bonds. The summed E-state index contributed by atoms with van der Waals surface area (Å²) in [6, 6.07) is 3.67. The summed E-state index contributed by atoms with van der Waals surface area (Å²) in [6.45, 7) is 1.91. The lowest BCUT2D eigenvalue weighted by molar-refractivity contribution is 0.110. The van der Waals surface area contributed by atoms with Crippen molar-refractivity contribution >= 4 is 5.82 Å². The van der Waals surface area contributed by atoms with Crippen molar-refractivity contribution in [2.24, 2.45) is 0 Å². The quantitative estimate of drug-likeness (QED) is 0.809. The van der Waals surface area contributed by atoms with E-state index in [0.717, 1.165) is 17.2 Å². The first-order chi connectivity index (χ1) is 13.9. The minimum Gasteiger partial charge on any atom is -0.507 e. The molecule has 0 radical (unpaired) electrons. The Labute approximate surface area is 166 Å². The van der Waals surface area contributed by atoms with Gasteiger partial charge in [-0.1, -0.05) is 6.07 Å². The van der Waals surface area contributed by atoms with Crippen LogP contribution in [0, 0.1) is 0 Å². The Kier molecular flexibility index (Phi) is 5.60. The molecule has 0 bridgehead atoms. The topological polar surface area (TPSA) is 70.5 Å². The number of hydrogen-bond donors (Lipinski definition) is 2. The minimum atomic E-state index is -2.66. The minimum absolute atomic E-state index is 0.103. The predicted octanol–water partition coefficient (Wildman–Crippen LogP) is 3.31. The van der Waals surface area contributed by atoms with Crippen LogP contribution in [-0.2, 0) is 17.8 Å². The fourth-order valence-corrected chi connectivity index (χ4v) is 4.04. The molecule has 2 aliphatic heterocycles. The summed E-state index contributed by atoms with van der Waals surface area (Å²) in [5, 5.41) is 22.1. The third-order valence-corrected chi connectivity index (χ3v) is 5.38. The van der Waals surface area contributed by atoms with Crippen LogP contribution in [0.4, 0.5) is 19.0 Å². The molecule has 1 aromatic heterocycles. The molecule has 1 fully saturated rings. The maximum absolute atomic E-state index is 13.9. The molecule has 3 heterocycles. The molecule has 0 aliphatic carbocycles. The van der Waals surface area contributed by atoms with Gasteiger partial charge in [0, 0.05) is 42.2 Å². The van der Waals surface area contributed by atoms with E-state index < -0.39 is 12.6 Å². The first-order valence-corrected chi connectivity index (χ1v) is 9.59. The van der Waals surface area contributed by atoms with Crippen molar-refractivity contribution in [1.29, 1.82) is 0 Å². The molecule has 4 rings (SSSR count). The van der Waals surface area contributed by atoms with E-state index in [2.05, 4.69) is 15.5 Å². The van der Waals surface area contributed by atoms with Crippen molar-refractivity contribution in [3.05, 3.63) is 34.9 Å². The zero-order chi connectivity index (χ0) is 20.5. The summed E-state index contributed by atoms with van der Waals surface area (Å²) in [5.74, 6) is 0.278. The van der Waals surface area contributed by atoms with Crippen LogP contribution >= 0.6 is 0 Å². The van der Waals surface area contributed by atoms with Gasteiger partial charge in [0.1, 0.15) is 17.6 Å². The fraction of sp³-hybridized carbons (Fsp3) is 0.500. The lowest BCUT2D eigenvalue weighted by Crippen LogP contribution is -2.45. The summed E-state index contributed by atoms with van der Waals surface area (Å²) in [6.07, 6.45) is -2.63. The zero-order valence-corrected chi connectivity index (χ0v) is 16.0. The van der Waals surface area contributed by atoms with Crippen LogP contribution in [0.3, 0.4) is 0 Å². The largest absolute Gasteiger partial charge is 0.507 e. The Bertz CT molecular complexity index is 886. The molecular weight excluding hydrogens is 385 g/mol. The van der Waals surface area contributed by atoms with Crippen LogP contribution in [0.2, 0.25) is 0 Å². The number of aromatic nitrogens is 2. The summed E-state index contributed by atoms with van der Waals surface area (Å²) in [7, 11) is 1.87. The number of aromatic hydroxyl groups is 1. The summed E-state index contributed by atoms with van der Waals surface area (Å²) in [4.78, 5) is 1.93. The number of fused-ring (bicyclic) bond motifs is 1. The number of rotatable bonds is 4. The predicted molar refractivity (Wildman–Crippen MR) is 102 cm³/mol. The van der Waals surface area contributed by atoms with Gasteiger partial charge < -0.3 is 20.1 Å². The second-order valence-corrected chi connectivity index (χ2v) is 7.63. The summed E-state index contributed by atoms with van der Waals surface area (Å²) >= 11 is 0. The van der Waals surface area contributed by atoms with Crippen LogP contribution < -0.4 is 5.32 Å². The van der Waals surface area contributed by atoms with Crippen LogP contribution in [0.1, 0.15) is 29.5 Å². The molecule has 29 heavy (non-hydrogen) atoms. The molecule has 6 nitrogen and oxygen atoms in total. The van der Waals surface area contributed by atoms with E-state index in [1.807, 2.05) is 11.9 Å². The van der Waals surface area contributed by atoms with Gasteiger partial charge in [-0.15, -0.1) is 10.2 Å². The van der Waals surface area contributed by atoms with E-state index in [-0.39, 0.29) is 17.4 Å². The zero-order valence-electron chi connectivity index (χ0n) is 16.0. The number of anilines is 1. The summed E-state index contributed by atoms with van der Waals surface area (Å²) in [5.41, 5.74) is 2.22. The number of phenols is 1. The molecule has 2 atom stereocenters. The monoisotopic (exact) mass is 408 g/mol. The van der Waals surface area contributed by atoms with Gasteiger partial charge in [0.15, 0.2) is 5.82 Å². The molecule has 1 saturated heterocycles. The Morgan fingerprint density at radius 2 is 2.07 bits per heavy atom. The van der Waals surface area contributed by atoms with E-state index in [9.17, 15) is 18.3 Å². The number of phenolic OH excluding ortho intramolecular Hbond substituents is 1. The lowest BCUT2D eigenvalue weighted by atomic mass is 9.96. The second kappa shape index (κ2) is 8.16. The first kappa shape index (κ1) is 19.9. The molecule has 0 saturated carbocycles. The maximum atomic E-state index is 13.9. The van der Waals surface area contributed by atoms with Crippen molar-refractivity contribution in [3.63, 3.8) is 0 Å². The number of hydrogen-bond acceptors (Lipinski definition) is 6. The van der Waals surface area contributed by atoms with E-state index >= 15 is 0 Å². The highest BCUT2D eigenvalue weighted by atomic mass is 19.3. The Morgan fingerprint density at radius 1 is 1.24 bits per heavy atom. The molecule has 2 N–H and O–H groups in total. The number of alkyl halides is 3. The number of nitrogens with zero attached hydrogens (tertiary/aromatic N) is 3. The molecule has 2 aromatic rings. The maximum Gasteiger partial charge on any atom is 0.263 e. The van der Waals surface area contributed by atoms with Gasteiger partial charge in [0.05, 0.1) is 13.2 Å². The van der Waals surface area contributed by atoms with Crippen LogP contribution in [0.15, 0.2) is 18.2 Å². The number of ether oxygens (including phenoxy) is 1. The van der Waals surface area contributed by atoms with Crippen molar-refractivity contribution in [2.75, 3.05) is 32.1 Å². The van der Waals surface area contributed by atoms with Gasteiger partial charge in [-0.3, -0.25) is 0 Å². The van der Waals surface area contributed by atoms with E-state index in [0.29, 0.717) is 56.2 Å². The van der Waals surface area contributed by atoms with Crippen LogP contribution in [0.5, 0.6) is 5.75 Å². The standard InChI is InChI=1S/C20H23F3N4O2/c1-27-8-12(21)7-13(9-27)24-20-16-10-29-5-4-14(16)18(25-26-20)15-3-2-11(19(22)23)6-17(15)28/h2-3,6,12-13,19,28H,4-5,7-10H2,1H3,(H,24,26)/t12-,13-/m1/s1. The lowest BCUT2D eigenvalue weighted by Gasteiger charge is -2.33. The molecular formula is C20H23F3N4O2. The third-order valence-electron chi connectivity index (χ3n) is 5.38. The van der Waals surface area contributed by atoms with Gasteiger partial charge in [-0.05, 0) is 31.2 Å². The van der Waals surface area contributed by atoms with Crippen LogP contribution in [0.25, 0.3) is 11.3 Å². The molecule has 156 valence electrons. The van der Waals surface area contributed by atoms with Gasteiger partial charge in [-0.25, -0.2) is 13.2 Å². The van der Waals surface area contributed by atoms with Crippen molar-refractivity contribution in [2.45, 2.75) is 38.1 Å². The van der Waals surface area contributed by atoms with Gasteiger partial charge >= 0.3 is 0 Å². The Morgan fingerprint density at radius 3 is 2.79 bits per heavy atom. The number of halogens is 3. The Hall–Kier alpha value is -2.39.